The number of β-amino-alcohol motifs (C(OH)–C–C–N with tert-alkyl or cyclic N) is 1. The molecule has 1 aliphatic rings. The molecule has 4 rings (SSSR count). The van der Waals surface area contributed by atoms with Gasteiger partial charge in [-0.25, -0.2) is 4.98 Å². The number of aliphatic hydroxyl groups excluding tert-OH is 1. The predicted octanol–water partition coefficient (Wildman–Crippen LogP) is 1.77. The van der Waals surface area contributed by atoms with Gasteiger partial charge in [-0.15, -0.1) is 0 Å². The standard InChI is InChI=1S/C21H23N5O2/c1-25(2)20-10-17(16-5-3-4-6-18(16)24-20)21(28)26-12-14(19(27)13-26)9-15-11-22-7-8-23-15/h3-8,10-11,14,19,27H,9,12-13H2,1-2H3/t14-,19-/m1/s1. The van der Waals surface area contributed by atoms with Gasteiger partial charge in [-0.1, -0.05) is 18.2 Å². The molecule has 7 nitrogen and oxygen atoms in total. The second-order valence-electron chi connectivity index (χ2n) is 7.38. The summed E-state index contributed by atoms with van der Waals surface area (Å²) in [5.74, 6) is 0.599. The Morgan fingerprint density at radius 1 is 1.25 bits per heavy atom. The van der Waals surface area contributed by atoms with Gasteiger partial charge in [0, 0.05) is 57.1 Å². The zero-order valence-electron chi connectivity index (χ0n) is 16.0. The molecule has 1 aliphatic heterocycles. The van der Waals surface area contributed by atoms with Crippen LogP contribution >= 0.6 is 0 Å². The van der Waals surface area contributed by atoms with E-state index in [0.717, 1.165) is 22.4 Å². The molecule has 144 valence electrons. The molecule has 0 bridgehead atoms. The van der Waals surface area contributed by atoms with E-state index in [1.54, 1.807) is 23.5 Å². The average Bonchev–Trinajstić information content (AvgIpc) is 3.07. The fraction of sp³-hybridized carbons (Fsp3) is 0.333. The highest BCUT2D eigenvalue weighted by Gasteiger charge is 2.35. The average molecular weight is 377 g/mol. The first-order valence-electron chi connectivity index (χ1n) is 9.32. The third-order valence-corrected chi connectivity index (χ3v) is 5.17. The number of carbonyl (C=O) groups excluding carboxylic acids is 1. The van der Waals surface area contributed by atoms with Crippen molar-refractivity contribution in [2.45, 2.75) is 12.5 Å². The number of aliphatic hydroxyl groups is 1. The number of carbonyl (C=O) groups is 1. The molecule has 1 fully saturated rings. The van der Waals surface area contributed by atoms with Crippen molar-refractivity contribution >= 4 is 22.6 Å². The van der Waals surface area contributed by atoms with Crippen molar-refractivity contribution in [3.8, 4) is 0 Å². The van der Waals surface area contributed by atoms with Crippen LogP contribution in [0, 0.1) is 5.92 Å². The quantitative estimate of drug-likeness (QED) is 0.746. The van der Waals surface area contributed by atoms with Crippen LogP contribution in [-0.2, 0) is 6.42 Å². The molecule has 1 aromatic carbocycles. The number of aromatic nitrogens is 3. The van der Waals surface area contributed by atoms with E-state index in [-0.39, 0.29) is 11.8 Å². The van der Waals surface area contributed by atoms with Crippen molar-refractivity contribution < 1.29 is 9.90 Å². The number of likely N-dealkylation sites (tertiary alicyclic amines) is 1. The molecular weight excluding hydrogens is 354 g/mol. The minimum Gasteiger partial charge on any atom is -0.391 e. The van der Waals surface area contributed by atoms with Crippen LogP contribution in [-0.4, -0.2) is 64.2 Å². The van der Waals surface area contributed by atoms with E-state index in [4.69, 9.17) is 0 Å². The summed E-state index contributed by atoms with van der Waals surface area (Å²) in [5.41, 5.74) is 2.22. The molecule has 3 aromatic rings. The number of fused-ring (bicyclic) bond motifs is 1. The monoisotopic (exact) mass is 377 g/mol. The van der Waals surface area contributed by atoms with E-state index in [1.165, 1.54) is 0 Å². The van der Waals surface area contributed by atoms with Crippen LogP contribution in [0.25, 0.3) is 10.9 Å². The SMILES string of the molecule is CN(C)c1cc(C(=O)N2C[C@@H](Cc3cnccn3)[C@H](O)C2)c2ccccc2n1. The second-order valence-corrected chi connectivity index (χ2v) is 7.38. The van der Waals surface area contributed by atoms with Crippen molar-refractivity contribution in [1.29, 1.82) is 0 Å². The molecule has 28 heavy (non-hydrogen) atoms. The number of amides is 1. The van der Waals surface area contributed by atoms with Gasteiger partial charge in [-0.05, 0) is 18.6 Å². The van der Waals surface area contributed by atoms with Gasteiger partial charge in [-0.3, -0.25) is 14.8 Å². The molecule has 2 aromatic heterocycles. The summed E-state index contributed by atoms with van der Waals surface area (Å²) in [6.07, 6.45) is 5.00. The highest BCUT2D eigenvalue weighted by Crippen LogP contribution is 2.27. The molecule has 1 saturated heterocycles. The number of pyridine rings is 1. The van der Waals surface area contributed by atoms with Gasteiger partial charge in [0.15, 0.2) is 0 Å². The summed E-state index contributed by atoms with van der Waals surface area (Å²) < 4.78 is 0. The Balaban J connectivity index is 1.61. The lowest BCUT2D eigenvalue weighted by atomic mass is 10.0. The lowest BCUT2D eigenvalue weighted by Gasteiger charge is -2.19. The maximum Gasteiger partial charge on any atom is 0.254 e. The van der Waals surface area contributed by atoms with E-state index in [9.17, 15) is 9.90 Å². The van der Waals surface area contributed by atoms with Gasteiger partial charge in [0.1, 0.15) is 5.82 Å². The molecule has 1 N–H and O–H groups in total. The van der Waals surface area contributed by atoms with Crippen LogP contribution in [0.1, 0.15) is 16.1 Å². The zero-order valence-corrected chi connectivity index (χ0v) is 16.0. The van der Waals surface area contributed by atoms with Gasteiger partial charge in [-0.2, -0.15) is 0 Å². The molecule has 0 saturated carbocycles. The Labute approximate surface area is 163 Å². The van der Waals surface area contributed by atoms with Crippen LogP contribution in [0.5, 0.6) is 0 Å². The lowest BCUT2D eigenvalue weighted by Crippen LogP contribution is -2.30. The summed E-state index contributed by atoms with van der Waals surface area (Å²) >= 11 is 0. The maximum absolute atomic E-state index is 13.3. The fourth-order valence-corrected chi connectivity index (χ4v) is 3.66. The highest BCUT2D eigenvalue weighted by atomic mass is 16.3. The number of anilines is 1. The Morgan fingerprint density at radius 2 is 2.07 bits per heavy atom. The molecule has 1 amide bonds. The first kappa shape index (κ1) is 18.3. The molecular formula is C21H23N5O2. The lowest BCUT2D eigenvalue weighted by molar-refractivity contribution is 0.0766. The van der Waals surface area contributed by atoms with Crippen molar-refractivity contribution in [3.63, 3.8) is 0 Å². The maximum atomic E-state index is 13.3. The Hall–Kier alpha value is -3.06. The Kier molecular flexibility index (Phi) is 4.92. The van der Waals surface area contributed by atoms with Gasteiger partial charge in [0.05, 0.1) is 22.9 Å². The highest BCUT2D eigenvalue weighted by molar-refractivity contribution is 6.07. The van der Waals surface area contributed by atoms with Gasteiger partial charge in [0.25, 0.3) is 5.91 Å². The molecule has 2 atom stereocenters. The smallest absolute Gasteiger partial charge is 0.254 e. The van der Waals surface area contributed by atoms with Crippen molar-refractivity contribution in [1.82, 2.24) is 19.9 Å². The van der Waals surface area contributed by atoms with Crippen LogP contribution < -0.4 is 4.90 Å². The molecule has 3 heterocycles. The summed E-state index contributed by atoms with van der Waals surface area (Å²) in [6.45, 7) is 0.808. The molecule has 7 heteroatoms. The topological polar surface area (TPSA) is 82.5 Å². The predicted molar refractivity (Wildman–Crippen MR) is 107 cm³/mol. The summed E-state index contributed by atoms with van der Waals surface area (Å²) in [4.78, 5) is 29.9. The van der Waals surface area contributed by atoms with Crippen molar-refractivity contribution in [3.05, 3.63) is 60.2 Å². The Morgan fingerprint density at radius 3 is 2.82 bits per heavy atom. The third kappa shape index (κ3) is 3.53. The summed E-state index contributed by atoms with van der Waals surface area (Å²) in [6, 6.07) is 9.48. The first-order chi connectivity index (χ1) is 13.5. The number of para-hydroxylation sites is 1. The second kappa shape index (κ2) is 7.52. The van der Waals surface area contributed by atoms with Gasteiger partial charge >= 0.3 is 0 Å². The number of benzene rings is 1. The molecule has 0 radical (unpaired) electrons. The van der Waals surface area contributed by atoms with E-state index in [0.29, 0.717) is 25.1 Å². The largest absolute Gasteiger partial charge is 0.391 e. The summed E-state index contributed by atoms with van der Waals surface area (Å²) in [5, 5.41) is 11.3. The van der Waals surface area contributed by atoms with E-state index in [1.807, 2.05) is 49.3 Å². The van der Waals surface area contributed by atoms with Crippen LogP contribution in [0.15, 0.2) is 48.9 Å². The fourth-order valence-electron chi connectivity index (χ4n) is 3.66. The van der Waals surface area contributed by atoms with Crippen LogP contribution in [0.4, 0.5) is 5.82 Å². The minimum absolute atomic E-state index is 0.0536. The normalized spacial score (nSPS) is 19.2. The van der Waals surface area contributed by atoms with Crippen LogP contribution in [0.3, 0.4) is 0 Å². The van der Waals surface area contributed by atoms with Crippen LogP contribution in [0.2, 0.25) is 0 Å². The van der Waals surface area contributed by atoms with Gasteiger partial charge in [0.2, 0.25) is 0 Å². The third-order valence-electron chi connectivity index (χ3n) is 5.17. The number of nitrogens with zero attached hydrogens (tertiary/aromatic N) is 5. The zero-order chi connectivity index (χ0) is 19.7. The molecule has 0 spiro atoms. The molecule has 0 aliphatic carbocycles. The molecule has 0 unspecified atom stereocenters. The van der Waals surface area contributed by atoms with Crippen molar-refractivity contribution in [2.75, 3.05) is 32.1 Å². The number of rotatable bonds is 4. The van der Waals surface area contributed by atoms with Gasteiger partial charge < -0.3 is 14.9 Å². The first-order valence-corrected chi connectivity index (χ1v) is 9.32. The Bertz CT molecular complexity index is 993. The summed E-state index contributed by atoms with van der Waals surface area (Å²) in [7, 11) is 3.81. The number of hydrogen-bond acceptors (Lipinski definition) is 6. The van der Waals surface area contributed by atoms with Crippen molar-refractivity contribution in [2.24, 2.45) is 5.92 Å². The van der Waals surface area contributed by atoms with E-state index in [2.05, 4.69) is 15.0 Å². The minimum atomic E-state index is -0.577. The van der Waals surface area contributed by atoms with E-state index < -0.39 is 6.10 Å². The van der Waals surface area contributed by atoms with E-state index >= 15 is 0 Å². The number of hydrogen-bond donors (Lipinski definition) is 1.